The molecule has 1 N–H and O–H groups in total. The number of hydrogen-bond acceptors (Lipinski definition) is 6. The highest BCUT2D eigenvalue weighted by atomic mass is 35.5. The lowest BCUT2D eigenvalue weighted by molar-refractivity contribution is 0.0376. The Morgan fingerprint density at radius 3 is 2.84 bits per heavy atom. The van der Waals surface area contributed by atoms with E-state index in [-0.39, 0.29) is 8.68 Å². The van der Waals surface area contributed by atoms with Crippen LogP contribution in [0.5, 0.6) is 0 Å². The van der Waals surface area contributed by atoms with E-state index in [1.165, 1.54) is 6.20 Å². The predicted molar refractivity (Wildman–Crippen MR) is 74.2 cm³/mol. The molecule has 9 heteroatoms. The third-order valence-electron chi connectivity index (χ3n) is 2.77. The van der Waals surface area contributed by atoms with Gasteiger partial charge >= 0.3 is 0 Å². The summed E-state index contributed by atoms with van der Waals surface area (Å²) in [6, 6.07) is 0. The summed E-state index contributed by atoms with van der Waals surface area (Å²) in [5.41, 5.74) is 0. The second kappa shape index (κ2) is 6.96. The fourth-order valence-corrected chi connectivity index (χ4v) is 4.18. The molecule has 1 aromatic heterocycles. The molecule has 2 heterocycles. The van der Waals surface area contributed by atoms with Crippen molar-refractivity contribution in [2.75, 3.05) is 39.4 Å². The van der Waals surface area contributed by atoms with E-state index in [1.54, 1.807) is 0 Å². The van der Waals surface area contributed by atoms with E-state index in [4.69, 9.17) is 16.3 Å². The third kappa shape index (κ3) is 4.66. The molecule has 0 saturated carbocycles. The van der Waals surface area contributed by atoms with Crippen molar-refractivity contribution in [2.45, 2.75) is 10.6 Å². The zero-order valence-electron chi connectivity index (χ0n) is 10.3. The van der Waals surface area contributed by atoms with Crippen molar-refractivity contribution in [1.82, 2.24) is 14.6 Å². The Morgan fingerprint density at radius 1 is 1.47 bits per heavy atom. The lowest BCUT2D eigenvalue weighted by atomic mass is 10.3. The fraction of sp³-hybridized carbons (Fsp3) is 0.700. The monoisotopic (exact) mass is 325 g/mol. The highest BCUT2D eigenvalue weighted by molar-refractivity contribution is 7.91. The molecule has 1 saturated heterocycles. The molecule has 1 aromatic rings. The van der Waals surface area contributed by atoms with E-state index >= 15 is 0 Å². The van der Waals surface area contributed by atoms with Crippen molar-refractivity contribution >= 4 is 33.0 Å². The largest absolute Gasteiger partial charge is 0.379 e. The summed E-state index contributed by atoms with van der Waals surface area (Å²) < 4.78 is 31.9. The van der Waals surface area contributed by atoms with E-state index in [2.05, 4.69) is 14.6 Å². The second-order valence-corrected chi connectivity index (χ2v) is 7.74. The van der Waals surface area contributed by atoms with Crippen molar-refractivity contribution in [1.29, 1.82) is 0 Å². The minimum absolute atomic E-state index is 0.156. The van der Waals surface area contributed by atoms with Crippen molar-refractivity contribution in [3.63, 3.8) is 0 Å². The molecule has 0 radical (unpaired) electrons. The van der Waals surface area contributed by atoms with Crippen LogP contribution in [0.2, 0.25) is 4.47 Å². The third-order valence-corrected chi connectivity index (χ3v) is 5.81. The van der Waals surface area contributed by atoms with Crippen molar-refractivity contribution in [3.8, 4) is 0 Å². The highest BCUT2D eigenvalue weighted by Gasteiger charge is 2.17. The van der Waals surface area contributed by atoms with Crippen LogP contribution in [0.4, 0.5) is 0 Å². The number of aromatic nitrogens is 1. The number of halogens is 1. The summed E-state index contributed by atoms with van der Waals surface area (Å²) in [4.78, 5) is 5.99. The van der Waals surface area contributed by atoms with Crippen LogP contribution in [0, 0.1) is 0 Å². The Labute approximate surface area is 121 Å². The topological polar surface area (TPSA) is 71.5 Å². The Morgan fingerprint density at radius 2 is 2.21 bits per heavy atom. The maximum atomic E-state index is 11.9. The molecule has 1 fully saturated rings. The number of nitrogens with one attached hydrogen (secondary N) is 1. The van der Waals surface area contributed by atoms with Crippen LogP contribution < -0.4 is 4.72 Å². The molecular weight excluding hydrogens is 310 g/mol. The normalized spacial score (nSPS) is 17.7. The summed E-state index contributed by atoms with van der Waals surface area (Å²) in [6.45, 7) is 4.62. The molecule has 0 atom stereocenters. The Bertz CT molecular complexity index is 500. The number of thiazole rings is 1. The first-order valence-electron chi connectivity index (χ1n) is 5.99. The molecule has 2 rings (SSSR count). The Balaban J connectivity index is 1.72. The molecule has 0 aromatic carbocycles. The molecule has 0 unspecified atom stereocenters. The van der Waals surface area contributed by atoms with Gasteiger partial charge in [0.25, 0.3) is 10.0 Å². The molecule has 1 aliphatic rings. The van der Waals surface area contributed by atoms with Crippen molar-refractivity contribution < 1.29 is 13.2 Å². The first-order valence-corrected chi connectivity index (χ1v) is 8.67. The van der Waals surface area contributed by atoms with Gasteiger partial charge in [0.05, 0.1) is 19.4 Å². The number of rotatable bonds is 6. The molecule has 1 aliphatic heterocycles. The van der Waals surface area contributed by atoms with E-state index < -0.39 is 10.0 Å². The minimum Gasteiger partial charge on any atom is -0.379 e. The molecule has 0 bridgehead atoms. The van der Waals surface area contributed by atoms with Crippen molar-refractivity contribution in [3.05, 3.63) is 10.7 Å². The summed E-state index contributed by atoms with van der Waals surface area (Å²) in [7, 11) is -3.46. The summed E-state index contributed by atoms with van der Waals surface area (Å²) in [5.74, 6) is 0. The van der Waals surface area contributed by atoms with Gasteiger partial charge in [0.2, 0.25) is 0 Å². The molecule has 0 amide bonds. The van der Waals surface area contributed by atoms with Gasteiger partial charge in [0.1, 0.15) is 0 Å². The van der Waals surface area contributed by atoms with Crippen LogP contribution in [0.15, 0.2) is 10.4 Å². The van der Waals surface area contributed by atoms with Crippen LogP contribution >= 0.6 is 22.9 Å². The first kappa shape index (κ1) is 15.1. The van der Waals surface area contributed by atoms with Gasteiger partial charge in [-0.15, -0.1) is 0 Å². The second-order valence-electron chi connectivity index (χ2n) is 4.14. The van der Waals surface area contributed by atoms with Gasteiger partial charge in [-0.05, 0) is 13.0 Å². The van der Waals surface area contributed by atoms with E-state index in [9.17, 15) is 8.42 Å². The summed E-state index contributed by atoms with van der Waals surface area (Å²) in [6.07, 6.45) is 2.04. The summed E-state index contributed by atoms with van der Waals surface area (Å²) >= 11 is 6.58. The van der Waals surface area contributed by atoms with E-state index in [0.717, 1.165) is 50.6 Å². The lowest BCUT2D eigenvalue weighted by Gasteiger charge is -2.26. The predicted octanol–water partition coefficient (Wildman–Crippen LogP) is 0.797. The average molecular weight is 326 g/mol. The number of morpholine rings is 1. The first-order chi connectivity index (χ1) is 9.08. The van der Waals surface area contributed by atoms with Gasteiger partial charge in [-0.2, -0.15) is 0 Å². The maximum Gasteiger partial charge on any atom is 0.251 e. The van der Waals surface area contributed by atoms with E-state index in [0.29, 0.717) is 6.54 Å². The molecule has 0 spiro atoms. The van der Waals surface area contributed by atoms with Gasteiger partial charge in [-0.25, -0.2) is 18.1 Å². The minimum atomic E-state index is -3.46. The highest BCUT2D eigenvalue weighted by Crippen LogP contribution is 2.21. The molecular formula is C10H16ClN3O3S2. The van der Waals surface area contributed by atoms with Crippen LogP contribution in [0.3, 0.4) is 0 Å². The Hall–Kier alpha value is -0.250. The zero-order valence-corrected chi connectivity index (χ0v) is 12.7. The van der Waals surface area contributed by atoms with Crippen LogP contribution in [-0.2, 0) is 14.8 Å². The van der Waals surface area contributed by atoms with Gasteiger partial charge < -0.3 is 4.74 Å². The quantitative estimate of drug-likeness (QED) is 0.783. The van der Waals surface area contributed by atoms with Gasteiger partial charge in [0, 0.05) is 19.6 Å². The number of ether oxygens (including phenoxy) is 1. The van der Waals surface area contributed by atoms with Gasteiger partial charge in [-0.3, -0.25) is 4.90 Å². The van der Waals surface area contributed by atoms with Gasteiger partial charge in [-0.1, -0.05) is 22.9 Å². The number of sulfonamides is 1. The van der Waals surface area contributed by atoms with Crippen LogP contribution in [-0.4, -0.2) is 57.7 Å². The molecule has 0 aliphatic carbocycles. The maximum absolute atomic E-state index is 11.9. The number of nitrogens with zero attached hydrogens (tertiary/aromatic N) is 2. The van der Waals surface area contributed by atoms with Crippen LogP contribution in [0.25, 0.3) is 0 Å². The van der Waals surface area contributed by atoms with Crippen LogP contribution in [0.1, 0.15) is 6.42 Å². The molecule has 19 heavy (non-hydrogen) atoms. The zero-order chi connectivity index (χ0) is 13.7. The standard InChI is InChI=1S/C10H16ClN3O3S2/c11-10-12-8-9(18-10)19(15,16)13-2-1-3-14-4-6-17-7-5-14/h8,13H,1-7H2. The molecule has 108 valence electrons. The lowest BCUT2D eigenvalue weighted by Crippen LogP contribution is -2.38. The smallest absolute Gasteiger partial charge is 0.251 e. The number of hydrogen-bond donors (Lipinski definition) is 1. The molecule has 6 nitrogen and oxygen atoms in total. The fourth-order valence-electron chi connectivity index (χ4n) is 1.77. The van der Waals surface area contributed by atoms with Gasteiger partial charge in [0.15, 0.2) is 8.68 Å². The van der Waals surface area contributed by atoms with E-state index in [1.807, 2.05) is 0 Å². The average Bonchev–Trinajstić information content (AvgIpc) is 2.84. The Kier molecular flexibility index (Phi) is 5.55. The summed E-state index contributed by atoms with van der Waals surface area (Å²) in [5, 5.41) is 0. The SMILES string of the molecule is O=S(=O)(NCCCN1CCOCC1)c1cnc(Cl)s1. The van der Waals surface area contributed by atoms with Crippen molar-refractivity contribution in [2.24, 2.45) is 0 Å².